The van der Waals surface area contributed by atoms with Gasteiger partial charge in [0.05, 0.1) is 5.71 Å². The van der Waals surface area contributed by atoms with Crippen LogP contribution in [0.4, 0.5) is 0 Å². The molecule has 0 spiro atoms. The Morgan fingerprint density at radius 3 is 2.11 bits per heavy atom. The molecule has 0 heterocycles. The maximum Gasteiger partial charge on any atom is 0.0684 e. The van der Waals surface area contributed by atoms with Crippen molar-refractivity contribution in [2.24, 2.45) is 0 Å². The van der Waals surface area contributed by atoms with Gasteiger partial charge in [0.1, 0.15) is 0 Å². The van der Waals surface area contributed by atoms with E-state index >= 15 is 0 Å². The lowest BCUT2D eigenvalue weighted by molar-refractivity contribution is 1.44. The summed E-state index contributed by atoms with van der Waals surface area (Å²) < 4.78 is 0. The number of hydrogen-bond acceptors (Lipinski definition) is 2. The lowest BCUT2D eigenvalue weighted by Crippen LogP contribution is -2.01. The second kappa shape index (κ2) is 5.69. The Kier molecular flexibility index (Phi) is 4.00. The number of thioether (sulfide) groups is 1. The van der Waals surface area contributed by atoms with E-state index in [0.717, 1.165) is 16.7 Å². The minimum atomic E-state index is 0.479. The van der Waals surface area contributed by atoms with Crippen LogP contribution in [0.3, 0.4) is 0 Å². The first-order valence-electron chi connectivity index (χ1n) is 5.70. The molecule has 0 saturated heterocycles. The number of benzene rings is 2. The molecule has 0 aliphatic rings. The van der Waals surface area contributed by atoms with Crippen LogP contribution < -0.4 is 0 Å². The third-order valence-electron chi connectivity index (χ3n) is 2.80. The van der Waals surface area contributed by atoms with Crippen LogP contribution in [0.25, 0.3) is 5.57 Å². The molecule has 18 heavy (non-hydrogen) atoms. The average Bonchev–Trinajstić information content (AvgIpc) is 2.47. The highest BCUT2D eigenvalue weighted by atomic mass is 32.2. The Morgan fingerprint density at radius 2 is 1.56 bits per heavy atom. The molecule has 2 heteroatoms. The van der Waals surface area contributed by atoms with Crippen molar-refractivity contribution in [1.29, 1.82) is 5.41 Å². The molecule has 0 fully saturated rings. The molecule has 2 aromatic carbocycles. The highest BCUT2D eigenvalue weighted by Crippen LogP contribution is 2.21. The van der Waals surface area contributed by atoms with Gasteiger partial charge in [0, 0.05) is 10.5 Å². The smallest absolute Gasteiger partial charge is 0.0684 e. The second-order valence-electron chi connectivity index (χ2n) is 3.95. The molecule has 0 unspecified atom stereocenters. The van der Waals surface area contributed by atoms with Crippen LogP contribution in [-0.4, -0.2) is 12.0 Å². The van der Waals surface area contributed by atoms with Crippen molar-refractivity contribution in [3.8, 4) is 0 Å². The van der Waals surface area contributed by atoms with Gasteiger partial charge in [0.15, 0.2) is 0 Å². The van der Waals surface area contributed by atoms with E-state index in [-0.39, 0.29) is 0 Å². The van der Waals surface area contributed by atoms with Gasteiger partial charge in [-0.15, -0.1) is 11.8 Å². The molecule has 0 atom stereocenters. The summed E-state index contributed by atoms with van der Waals surface area (Å²) in [6.45, 7) is 4.03. The first kappa shape index (κ1) is 12.7. The van der Waals surface area contributed by atoms with Crippen LogP contribution in [0.1, 0.15) is 11.1 Å². The van der Waals surface area contributed by atoms with E-state index in [1.807, 2.05) is 42.5 Å². The van der Waals surface area contributed by atoms with Crippen LogP contribution in [0.15, 0.2) is 66.1 Å². The van der Waals surface area contributed by atoms with E-state index in [1.54, 1.807) is 11.8 Å². The fraction of sp³-hybridized carbons (Fsp3) is 0.0625. The van der Waals surface area contributed by atoms with Gasteiger partial charge >= 0.3 is 0 Å². The van der Waals surface area contributed by atoms with Crippen molar-refractivity contribution in [3.63, 3.8) is 0 Å². The van der Waals surface area contributed by atoms with Crippen molar-refractivity contribution >= 4 is 23.0 Å². The summed E-state index contributed by atoms with van der Waals surface area (Å²) in [5, 5.41) is 8.17. The normalized spacial score (nSPS) is 10.1. The van der Waals surface area contributed by atoms with Crippen LogP contribution in [0.2, 0.25) is 0 Å². The summed E-state index contributed by atoms with van der Waals surface area (Å²) in [6, 6.07) is 17.9. The maximum absolute atomic E-state index is 8.17. The van der Waals surface area contributed by atoms with Gasteiger partial charge in [-0.2, -0.15) is 0 Å². The van der Waals surface area contributed by atoms with E-state index in [9.17, 15) is 0 Å². The van der Waals surface area contributed by atoms with Gasteiger partial charge in [0.25, 0.3) is 0 Å². The van der Waals surface area contributed by atoms with Crippen molar-refractivity contribution in [2.75, 3.05) is 6.26 Å². The van der Waals surface area contributed by atoms with Crippen molar-refractivity contribution < 1.29 is 0 Å². The molecule has 90 valence electrons. The second-order valence-corrected chi connectivity index (χ2v) is 4.83. The predicted octanol–water partition coefficient (Wildman–Crippen LogP) is 4.49. The minimum absolute atomic E-state index is 0.479. The van der Waals surface area contributed by atoms with Crippen molar-refractivity contribution in [3.05, 3.63) is 72.3 Å². The van der Waals surface area contributed by atoms with Crippen LogP contribution in [0, 0.1) is 5.41 Å². The van der Waals surface area contributed by atoms with Gasteiger partial charge in [-0.25, -0.2) is 0 Å². The zero-order valence-corrected chi connectivity index (χ0v) is 11.1. The highest BCUT2D eigenvalue weighted by molar-refractivity contribution is 7.98. The summed E-state index contributed by atoms with van der Waals surface area (Å²) in [4.78, 5) is 1.22. The Bertz CT molecular complexity index is 555. The fourth-order valence-electron chi connectivity index (χ4n) is 1.72. The number of nitrogens with one attached hydrogen (secondary N) is 1. The molecule has 1 nitrogen and oxygen atoms in total. The van der Waals surface area contributed by atoms with Crippen LogP contribution >= 0.6 is 11.8 Å². The lowest BCUT2D eigenvalue weighted by atomic mass is 9.98. The molecule has 0 bridgehead atoms. The Morgan fingerprint density at radius 1 is 0.944 bits per heavy atom. The summed E-state index contributed by atoms with van der Waals surface area (Å²) in [5.74, 6) is 0. The van der Waals surface area contributed by atoms with Gasteiger partial charge in [-0.05, 0) is 29.5 Å². The summed E-state index contributed by atoms with van der Waals surface area (Å²) in [5.41, 5.74) is 3.14. The largest absolute Gasteiger partial charge is 0.300 e. The monoisotopic (exact) mass is 253 g/mol. The Labute approximate surface area is 112 Å². The van der Waals surface area contributed by atoms with Gasteiger partial charge in [-0.1, -0.05) is 49.0 Å². The summed E-state index contributed by atoms with van der Waals surface area (Å²) in [7, 11) is 0. The Balaban J connectivity index is 2.23. The molecule has 1 N–H and O–H groups in total. The molecule has 2 rings (SSSR count). The topological polar surface area (TPSA) is 23.9 Å². The third-order valence-corrected chi connectivity index (χ3v) is 3.55. The van der Waals surface area contributed by atoms with Crippen LogP contribution in [0.5, 0.6) is 0 Å². The molecule has 0 amide bonds. The first-order chi connectivity index (χ1) is 8.72. The summed E-state index contributed by atoms with van der Waals surface area (Å²) in [6.07, 6.45) is 2.05. The Hall–Kier alpha value is -1.80. The molecule has 0 saturated carbocycles. The summed E-state index contributed by atoms with van der Waals surface area (Å²) >= 11 is 1.71. The SMILES string of the molecule is C=C(C(=N)c1ccccc1)c1ccc(SC)cc1. The van der Waals surface area contributed by atoms with E-state index < -0.39 is 0 Å². The van der Waals surface area contributed by atoms with Gasteiger partial charge in [-0.3, -0.25) is 5.41 Å². The molecule has 0 aliphatic carbocycles. The third kappa shape index (κ3) is 2.71. The molecule has 0 aromatic heterocycles. The molecular weight excluding hydrogens is 238 g/mol. The molecule has 0 aliphatic heterocycles. The van der Waals surface area contributed by atoms with E-state index in [4.69, 9.17) is 5.41 Å². The van der Waals surface area contributed by atoms with Crippen LogP contribution in [-0.2, 0) is 0 Å². The van der Waals surface area contributed by atoms with Crippen molar-refractivity contribution in [1.82, 2.24) is 0 Å². The lowest BCUT2D eigenvalue weighted by Gasteiger charge is -2.08. The number of hydrogen-bond donors (Lipinski definition) is 1. The molecular formula is C16H15NS. The number of rotatable bonds is 4. The maximum atomic E-state index is 8.17. The first-order valence-corrected chi connectivity index (χ1v) is 6.92. The zero-order valence-electron chi connectivity index (χ0n) is 10.3. The van der Waals surface area contributed by atoms with Crippen molar-refractivity contribution in [2.45, 2.75) is 4.90 Å². The van der Waals surface area contributed by atoms with E-state index in [0.29, 0.717) is 5.71 Å². The zero-order chi connectivity index (χ0) is 13.0. The van der Waals surface area contributed by atoms with Gasteiger partial charge < -0.3 is 0 Å². The average molecular weight is 253 g/mol. The minimum Gasteiger partial charge on any atom is -0.300 e. The van der Waals surface area contributed by atoms with Gasteiger partial charge in [0.2, 0.25) is 0 Å². The van der Waals surface area contributed by atoms with E-state index in [1.165, 1.54) is 4.90 Å². The standard InChI is InChI=1S/C16H15NS/c1-12(13-8-10-15(18-2)11-9-13)16(17)14-6-4-3-5-7-14/h3-11,17H,1H2,2H3. The quantitative estimate of drug-likeness (QED) is 0.630. The molecule has 0 radical (unpaired) electrons. The van der Waals surface area contributed by atoms with E-state index in [2.05, 4.69) is 25.0 Å². The highest BCUT2D eigenvalue weighted by Gasteiger charge is 2.07. The predicted molar refractivity (Wildman–Crippen MR) is 80.5 cm³/mol. The molecule has 2 aromatic rings. The number of allylic oxidation sites excluding steroid dienone is 1. The fourth-order valence-corrected chi connectivity index (χ4v) is 2.12.